The number of carbonyl (C=O) groups excluding carboxylic acids is 1. The number of H-pyrrole nitrogens is 1. The van der Waals surface area contributed by atoms with Crippen LogP contribution in [-0.4, -0.2) is 33.9 Å². The Labute approximate surface area is 115 Å². The van der Waals surface area contributed by atoms with Gasteiger partial charge in [-0.05, 0) is 32.6 Å². The minimum atomic E-state index is 0.144. The molecule has 0 radical (unpaired) electrons. The number of rotatable bonds is 5. The molecule has 1 aromatic rings. The number of aromatic amines is 1. The number of hydrogen-bond acceptors (Lipinski definition) is 2. The highest BCUT2D eigenvalue weighted by molar-refractivity contribution is 5.79. The molecule has 0 saturated heterocycles. The Morgan fingerprint density at radius 1 is 1.37 bits per heavy atom. The molecule has 1 unspecified atom stereocenters. The predicted molar refractivity (Wildman–Crippen MR) is 76.0 cm³/mol. The molecule has 1 amide bonds. The number of fused-ring (bicyclic) bond motifs is 1. The molecule has 4 nitrogen and oxygen atoms in total. The summed E-state index contributed by atoms with van der Waals surface area (Å²) < 4.78 is 0. The lowest BCUT2D eigenvalue weighted by Crippen LogP contribution is -2.39. The van der Waals surface area contributed by atoms with Gasteiger partial charge in [-0.15, -0.1) is 0 Å². The van der Waals surface area contributed by atoms with Crippen LogP contribution >= 0.6 is 0 Å². The van der Waals surface area contributed by atoms with Gasteiger partial charge in [-0.3, -0.25) is 4.79 Å². The van der Waals surface area contributed by atoms with Crippen molar-refractivity contribution in [2.24, 2.45) is 5.92 Å². The van der Waals surface area contributed by atoms with E-state index in [0.717, 1.165) is 51.0 Å². The van der Waals surface area contributed by atoms with Gasteiger partial charge in [0.15, 0.2) is 0 Å². The molecular formula is C15H25N3O. The second-order valence-electron chi connectivity index (χ2n) is 5.51. The molecule has 0 bridgehead atoms. The molecule has 0 aromatic carbocycles. The second-order valence-corrected chi connectivity index (χ2v) is 5.51. The van der Waals surface area contributed by atoms with Gasteiger partial charge >= 0.3 is 0 Å². The molecule has 1 aliphatic carbocycles. The minimum absolute atomic E-state index is 0.144. The summed E-state index contributed by atoms with van der Waals surface area (Å²) in [7, 11) is 0. The average Bonchev–Trinajstić information content (AvgIpc) is 2.76. The molecule has 4 heteroatoms. The highest BCUT2D eigenvalue weighted by Gasteiger charge is 2.29. The van der Waals surface area contributed by atoms with E-state index in [2.05, 4.69) is 23.8 Å². The molecule has 0 saturated carbocycles. The van der Waals surface area contributed by atoms with Crippen molar-refractivity contribution in [3.63, 3.8) is 0 Å². The SMILES string of the molecule is CCCN(CCC)C(=O)C1CCc2nc(C)[nH]c2C1. The quantitative estimate of drug-likeness (QED) is 0.887. The van der Waals surface area contributed by atoms with Crippen LogP contribution in [0.4, 0.5) is 0 Å². The lowest BCUT2D eigenvalue weighted by Gasteiger charge is -2.28. The van der Waals surface area contributed by atoms with Crippen molar-refractivity contribution < 1.29 is 4.79 Å². The van der Waals surface area contributed by atoms with Crippen LogP contribution in [0.2, 0.25) is 0 Å². The van der Waals surface area contributed by atoms with Crippen LogP contribution in [-0.2, 0) is 17.6 Å². The third-order valence-corrected chi connectivity index (χ3v) is 3.81. The maximum Gasteiger partial charge on any atom is 0.226 e. The van der Waals surface area contributed by atoms with E-state index in [0.29, 0.717) is 5.91 Å². The third-order valence-electron chi connectivity index (χ3n) is 3.81. The first kappa shape index (κ1) is 14.1. The standard InChI is InChI=1S/C15H25N3O/c1-4-8-18(9-5-2)15(19)12-6-7-13-14(10-12)17-11(3)16-13/h12H,4-10H2,1-3H3,(H,16,17). The monoisotopic (exact) mass is 263 g/mol. The molecule has 0 spiro atoms. The zero-order valence-corrected chi connectivity index (χ0v) is 12.3. The summed E-state index contributed by atoms with van der Waals surface area (Å²) in [6.45, 7) is 8.02. The van der Waals surface area contributed by atoms with Crippen molar-refractivity contribution in [3.8, 4) is 0 Å². The van der Waals surface area contributed by atoms with Gasteiger partial charge in [0.1, 0.15) is 5.82 Å². The lowest BCUT2D eigenvalue weighted by molar-refractivity contribution is -0.136. The van der Waals surface area contributed by atoms with Crippen LogP contribution in [0, 0.1) is 12.8 Å². The fraction of sp³-hybridized carbons (Fsp3) is 0.733. The Kier molecular flexibility index (Phi) is 4.61. The van der Waals surface area contributed by atoms with Crippen molar-refractivity contribution in [1.82, 2.24) is 14.9 Å². The van der Waals surface area contributed by atoms with E-state index in [-0.39, 0.29) is 5.92 Å². The van der Waals surface area contributed by atoms with E-state index < -0.39 is 0 Å². The van der Waals surface area contributed by atoms with Crippen LogP contribution in [0.1, 0.15) is 50.3 Å². The maximum atomic E-state index is 12.6. The molecule has 106 valence electrons. The van der Waals surface area contributed by atoms with Crippen molar-refractivity contribution >= 4 is 5.91 Å². The van der Waals surface area contributed by atoms with E-state index >= 15 is 0 Å². The third kappa shape index (κ3) is 3.17. The minimum Gasteiger partial charge on any atom is -0.346 e. The average molecular weight is 263 g/mol. The van der Waals surface area contributed by atoms with Crippen molar-refractivity contribution in [3.05, 3.63) is 17.2 Å². The summed E-state index contributed by atoms with van der Waals surface area (Å²) in [5, 5.41) is 0. The summed E-state index contributed by atoms with van der Waals surface area (Å²) in [4.78, 5) is 22.4. The summed E-state index contributed by atoms with van der Waals surface area (Å²) >= 11 is 0. The molecular weight excluding hydrogens is 238 g/mol. The van der Waals surface area contributed by atoms with E-state index in [1.165, 1.54) is 11.4 Å². The van der Waals surface area contributed by atoms with Gasteiger partial charge in [-0.25, -0.2) is 4.98 Å². The second kappa shape index (κ2) is 6.22. The summed E-state index contributed by atoms with van der Waals surface area (Å²) in [5.74, 6) is 1.45. The van der Waals surface area contributed by atoms with E-state index in [1.54, 1.807) is 0 Å². The molecule has 0 fully saturated rings. The highest BCUT2D eigenvalue weighted by Crippen LogP contribution is 2.25. The van der Waals surface area contributed by atoms with Gasteiger partial charge in [0.25, 0.3) is 0 Å². The first-order chi connectivity index (χ1) is 9.15. The molecule has 19 heavy (non-hydrogen) atoms. The van der Waals surface area contributed by atoms with E-state index in [4.69, 9.17) is 0 Å². The largest absolute Gasteiger partial charge is 0.346 e. The molecule has 2 rings (SSSR count). The Hall–Kier alpha value is -1.32. The van der Waals surface area contributed by atoms with Gasteiger partial charge < -0.3 is 9.88 Å². The van der Waals surface area contributed by atoms with Crippen LogP contribution in [0.3, 0.4) is 0 Å². The van der Waals surface area contributed by atoms with Crippen molar-refractivity contribution in [2.75, 3.05) is 13.1 Å². The van der Waals surface area contributed by atoms with Gasteiger partial charge in [0.2, 0.25) is 5.91 Å². The number of carbonyl (C=O) groups is 1. The van der Waals surface area contributed by atoms with Gasteiger partial charge in [-0.1, -0.05) is 13.8 Å². The number of nitrogens with one attached hydrogen (secondary N) is 1. The van der Waals surface area contributed by atoms with Gasteiger partial charge in [-0.2, -0.15) is 0 Å². The number of amides is 1. The molecule has 1 aliphatic rings. The smallest absolute Gasteiger partial charge is 0.226 e. The summed E-state index contributed by atoms with van der Waals surface area (Å²) in [5.41, 5.74) is 2.34. The Bertz CT molecular complexity index is 433. The molecule has 1 atom stereocenters. The number of imidazole rings is 1. The summed E-state index contributed by atoms with van der Waals surface area (Å²) in [6, 6.07) is 0. The first-order valence-corrected chi connectivity index (χ1v) is 7.48. The Morgan fingerprint density at radius 3 is 2.68 bits per heavy atom. The zero-order valence-electron chi connectivity index (χ0n) is 12.3. The van der Waals surface area contributed by atoms with Crippen LogP contribution in [0.5, 0.6) is 0 Å². The number of aromatic nitrogens is 2. The van der Waals surface area contributed by atoms with Gasteiger partial charge in [0.05, 0.1) is 5.69 Å². The highest BCUT2D eigenvalue weighted by atomic mass is 16.2. The molecule has 1 N–H and O–H groups in total. The fourth-order valence-electron chi connectivity index (χ4n) is 2.96. The first-order valence-electron chi connectivity index (χ1n) is 7.48. The van der Waals surface area contributed by atoms with Crippen molar-refractivity contribution in [2.45, 2.75) is 52.9 Å². The van der Waals surface area contributed by atoms with E-state index in [1.807, 2.05) is 11.8 Å². The normalized spacial score (nSPS) is 18.2. The van der Waals surface area contributed by atoms with Crippen LogP contribution in [0.15, 0.2) is 0 Å². The Morgan fingerprint density at radius 2 is 2.05 bits per heavy atom. The van der Waals surface area contributed by atoms with Crippen molar-refractivity contribution in [1.29, 1.82) is 0 Å². The number of aryl methyl sites for hydroxylation is 2. The molecule has 0 aliphatic heterocycles. The van der Waals surface area contributed by atoms with Crippen LogP contribution < -0.4 is 0 Å². The Balaban J connectivity index is 2.04. The van der Waals surface area contributed by atoms with E-state index in [9.17, 15) is 4.79 Å². The summed E-state index contributed by atoms with van der Waals surface area (Å²) in [6.07, 6.45) is 4.78. The maximum absolute atomic E-state index is 12.6. The van der Waals surface area contributed by atoms with Gasteiger partial charge in [0, 0.05) is 31.1 Å². The molecule has 1 aromatic heterocycles. The number of nitrogens with zero attached hydrogens (tertiary/aromatic N) is 2. The van der Waals surface area contributed by atoms with Crippen LogP contribution in [0.25, 0.3) is 0 Å². The molecule has 1 heterocycles. The topological polar surface area (TPSA) is 49.0 Å². The number of hydrogen-bond donors (Lipinski definition) is 1. The zero-order chi connectivity index (χ0) is 13.8. The lowest BCUT2D eigenvalue weighted by atomic mass is 9.88. The fourth-order valence-corrected chi connectivity index (χ4v) is 2.96. The predicted octanol–water partition coefficient (Wildman–Crippen LogP) is 2.47.